The number of carbonyl (C=O) groups excluding carboxylic acids is 2. The molecule has 5 nitrogen and oxygen atoms in total. The summed E-state index contributed by atoms with van der Waals surface area (Å²) >= 11 is 3.58. The van der Waals surface area contributed by atoms with E-state index in [1.54, 1.807) is 6.07 Å². The van der Waals surface area contributed by atoms with Crippen LogP contribution in [-0.2, 0) is 16.7 Å². The summed E-state index contributed by atoms with van der Waals surface area (Å²) in [6, 6.07) is 7.37. The van der Waals surface area contributed by atoms with Gasteiger partial charge in [-0.25, -0.2) is 4.79 Å². The van der Waals surface area contributed by atoms with Crippen molar-refractivity contribution >= 4 is 50.8 Å². The molecule has 0 spiro atoms. The quantitative estimate of drug-likeness (QED) is 0.482. The minimum atomic E-state index is -0.418. The average Bonchev–Trinajstić information content (AvgIpc) is 2.91. The van der Waals surface area contributed by atoms with Gasteiger partial charge in [0.15, 0.2) is 0 Å². The summed E-state index contributed by atoms with van der Waals surface area (Å²) in [5.41, 5.74) is 1.53. The van der Waals surface area contributed by atoms with Gasteiger partial charge in [-0.15, -0.1) is 11.3 Å². The van der Waals surface area contributed by atoms with Crippen LogP contribution >= 0.6 is 33.9 Å². The summed E-state index contributed by atoms with van der Waals surface area (Å²) in [5, 5.41) is 7.12. The van der Waals surface area contributed by atoms with E-state index in [9.17, 15) is 9.59 Å². The van der Waals surface area contributed by atoms with Gasteiger partial charge >= 0.3 is 5.97 Å². The zero-order valence-electron chi connectivity index (χ0n) is 16.0. The third-order valence-corrected chi connectivity index (χ3v) is 6.99. The highest BCUT2D eigenvalue weighted by Crippen LogP contribution is 2.45. The van der Waals surface area contributed by atoms with Crippen molar-refractivity contribution in [1.29, 1.82) is 0 Å². The molecule has 0 atom stereocenters. The highest BCUT2D eigenvalue weighted by atomic mass is 127. The SMILES string of the molecule is COC(=O)c1c(NC(=O)c2ccccc2I)sc2c1CC(C)(C)NC2(C)C. The van der Waals surface area contributed by atoms with Crippen molar-refractivity contribution in [3.8, 4) is 0 Å². The zero-order valence-corrected chi connectivity index (χ0v) is 19.0. The maximum absolute atomic E-state index is 12.8. The van der Waals surface area contributed by atoms with Crippen molar-refractivity contribution in [2.45, 2.75) is 45.2 Å². The van der Waals surface area contributed by atoms with Gasteiger partial charge < -0.3 is 15.4 Å². The highest BCUT2D eigenvalue weighted by Gasteiger charge is 2.42. The van der Waals surface area contributed by atoms with E-state index in [0.717, 1.165) is 14.0 Å². The van der Waals surface area contributed by atoms with Gasteiger partial charge in [-0.2, -0.15) is 0 Å². The number of anilines is 1. The molecule has 2 heterocycles. The molecule has 2 aromatic rings. The Morgan fingerprint density at radius 2 is 1.89 bits per heavy atom. The third kappa shape index (κ3) is 3.90. The molecule has 0 fully saturated rings. The second-order valence-corrected chi connectivity index (χ2v) is 10.0. The van der Waals surface area contributed by atoms with E-state index in [0.29, 0.717) is 22.5 Å². The summed E-state index contributed by atoms with van der Waals surface area (Å²) in [6.07, 6.45) is 0.686. The molecule has 1 aliphatic rings. The van der Waals surface area contributed by atoms with Gasteiger partial charge in [0.25, 0.3) is 5.91 Å². The number of hydrogen-bond donors (Lipinski definition) is 2. The van der Waals surface area contributed by atoms with E-state index >= 15 is 0 Å². The summed E-state index contributed by atoms with van der Waals surface area (Å²) in [5.74, 6) is -0.646. The van der Waals surface area contributed by atoms with E-state index in [2.05, 4.69) is 60.9 Å². The summed E-state index contributed by atoms with van der Waals surface area (Å²) in [4.78, 5) is 26.5. The number of halogens is 1. The van der Waals surface area contributed by atoms with Crippen molar-refractivity contribution in [2.75, 3.05) is 12.4 Å². The van der Waals surface area contributed by atoms with E-state index in [1.165, 1.54) is 18.4 Å². The molecule has 27 heavy (non-hydrogen) atoms. The lowest BCUT2D eigenvalue weighted by Gasteiger charge is -2.42. The first-order chi connectivity index (χ1) is 12.6. The van der Waals surface area contributed by atoms with Crippen LogP contribution in [0.5, 0.6) is 0 Å². The fraction of sp³-hybridized carbons (Fsp3) is 0.400. The molecular formula is C20H23IN2O3S. The molecule has 1 aromatic carbocycles. The van der Waals surface area contributed by atoms with Crippen LogP contribution < -0.4 is 10.6 Å². The lowest BCUT2D eigenvalue weighted by Crippen LogP contribution is -2.55. The molecule has 0 unspecified atom stereocenters. The normalized spacial score (nSPS) is 17.1. The number of nitrogens with one attached hydrogen (secondary N) is 2. The van der Waals surface area contributed by atoms with Crippen LogP contribution in [0.1, 0.15) is 58.9 Å². The molecule has 3 rings (SSSR count). The van der Waals surface area contributed by atoms with E-state index in [1.807, 2.05) is 18.2 Å². The maximum atomic E-state index is 12.8. The number of esters is 1. The number of amides is 1. The van der Waals surface area contributed by atoms with Crippen LogP contribution in [0.3, 0.4) is 0 Å². The van der Waals surface area contributed by atoms with Crippen molar-refractivity contribution in [3.05, 3.63) is 49.4 Å². The number of rotatable bonds is 3. The van der Waals surface area contributed by atoms with E-state index < -0.39 is 5.97 Å². The van der Waals surface area contributed by atoms with Crippen LogP contribution in [0.2, 0.25) is 0 Å². The molecule has 0 saturated carbocycles. The Kier molecular flexibility index (Phi) is 5.39. The zero-order chi connectivity index (χ0) is 20.0. The summed E-state index contributed by atoms with van der Waals surface area (Å²) in [7, 11) is 1.37. The van der Waals surface area contributed by atoms with Crippen LogP contribution in [0.15, 0.2) is 24.3 Å². The Bertz CT molecular complexity index is 918. The van der Waals surface area contributed by atoms with Crippen LogP contribution in [0.4, 0.5) is 5.00 Å². The molecule has 0 saturated heterocycles. The predicted octanol–water partition coefficient (Wildman–Crippen LogP) is 4.55. The monoisotopic (exact) mass is 498 g/mol. The number of hydrogen-bond acceptors (Lipinski definition) is 5. The second kappa shape index (κ2) is 7.18. The maximum Gasteiger partial charge on any atom is 0.341 e. The van der Waals surface area contributed by atoms with Crippen LogP contribution in [-0.4, -0.2) is 24.5 Å². The Morgan fingerprint density at radius 1 is 1.22 bits per heavy atom. The molecular weight excluding hydrogens is 475 g/mol. The largest absolute Gasteiger partial charge is 0.465 e. The molecule has 1 amide bonds. The van der Waals surface area contributed by atoms with Gasteiger partial charge in [-0.3, -0.25) is 4.79 Å². The van der Waals surface area contributed by atoms with Gasteiger partial charge in [-0.1, -0.05) is 12.1 Å². The van der Waals surface area contributed by atoms with E-state index in [4.69, 9.17) is 4.74 Å². The predicted molar refractivity (Wildman–Crippen MR) is 117 cm³/mol. The van der Waals surface area contributed by atoms with Crippen molar-refractivity contribution in [3.63, 3.8) is 0 Å². The number of methoxy groups -OCH3 is 1. The molecule has 1 aliphatic heterocycles. The van der Waals surface area contributed by atoms with Gasteiger partial charge in [0, 0.05) is 19.5 Å². The van der Waals surface area contributed by atoms with Gasteiger partial charge in [0.1, 0.15) is 5.00 Å². The van der Waals surface area contributed by atoms with Crippen molar-refractivity contribution in [2.24, 2.45) is 0 Å². The van der Waals surface area contributed by atoms with Crippen LogP contribution in [0.25, 0.3) is 0 Å². The lowest BCUT2D eigenvalue weighted by molar-refractivity contribution is 0.0600. The average molecular weight is 498 g/mol. The molecule has 7 heteroatoms. The molecule has 144 valence electrons. The molecule has 2 N–H and O–H groups in total. The fourth-order valence-corrected chi connectivity index (χ4v) is 5.64. The number of thiophene rings is 1. The van der Waals surface area contributed by atoms with Gasteiger partial charge in [-0.05, 0) is 74.4 Å². The fourth-order valence-electron chi connectivity index (χ4n) is 3.75. The minimum Gasteiger partial charge on any atom is -0.465 e. The Morgan fingerprint density at radius 3 is 2.52 bits per heavy atom. The summed E-state index contributed by atoms with van der Waals surface area (Å²) in [6.45, 7) is 8.41. The number of fused-ring (bicyclic) bond motifs is 1. The van der Waals surface area contributed by atoms with Gasteiger partial charge in [0.05, 0.1) is 18.2 Å². The Balaban J connectivity index is 2.09. The molecule has 0 bridgehead atoms. The van der Waals surface area contributed by atoms with Crippen molar-refractivity contribution in [1.82, 2.24) is 5.32 Å². The third-order valence-electron chi connectivity index (χ3n) is 4.58. The number of ether oxygens (including phenoxy) is 1. The first kappa shape index (κ1) is 20.3. The molecule has 0 radical (unpaired) electrons. The topological polar surface area (TPSA) is 67.4 Å². The smallest absolute Gasteiger partial charge is 0.341 e. The van der Waals surface area contributed by atoms with Crippen molar-refractivity contribution < 1.29 is 14.3 Å². The van der Waals surface area contributed by atoms with E-state index in [-0.39, 0.29) is 17.0 Å². The Hall–Kier alpha value is -1.45. The first-order valence-electron chi connectivity index (χ1n) is 8.65. The molecule has 1 aromatic heterocycles. The summed E-state index contributed by atoms with van der Waals surface area (Å²) < 4.78 is 5.90. The standard InChI is InChI=1S/C20H23IN2O3S/c1-19(2)10-12-14(18(25)26-5)17(27-15(12)20(3,4)23-19)22-16(24)11-8-6-7-9-13(11)21/h6-9,23H,10H2,1-5H3,(H,22,24). The number of benzene rings is 1. The Labute approximate surface area is 177 Å². The van der Waals surface area contributed by atoms with Gasteiger partial charge in [0.2, 0.25) is 0 Å². The minimum absolute atomic E-state index is 0.170. The first-order valence-corrected chi connectivity index (χ1v) is 10.5. The lowest BCUT2D eigenvalue weighted by atomic mass is 9.81. The number of carbonyl (C=O) groups is 2. The highest BCUT2D eigenvalue weighted by molar-refractivity contribution is 14.1. The van der Waals surface area contributed by atoms with Crippen LogP contribution in [0, 0.1) is 3.57 Å². The second-order valence-electron chi connectivity index (χ2n) is 7.85. The molecule has 0 aliphatic carbocycles.